The maximum Gasteiger partial charge on any atom is 0.140 e. The molecule has 0 fully saturated rings. The molecule has 1 atom stereocenters. The molecule has 2 aromatic rings. The molecule has 0 aliphatic carbocycles. The third kappa shape index (κ3) is 5.10. The fraction of sp³-hybridized carbons (Fsp3) is 0.345. The van der Waals surface area contributed by atoms with Crippen molar-refractivity contribution in [3.05, 3.63) is 95.4 Å². The summed E-state index contributed by atoms with van der Waals surface area (Å²) in [6.45, 7) is 15.6. The number of benzene rings is 2. The number of aliphatic imine (C=N–C) groups is 1. The monoisotopic (exact) mass is 460 g/mol. The molecule has 1 unspecified atom stereocenters. The molecule has 180 valence electrons. The van der Waals surface area contributed by atoms with E-state index in [0.717, 1.165) is 45.9 Å². The second-order valence-corrected chi connectivity index (χ2v) is 9.47. The largest absolute Gasteiger partial charge is 0.510 e. The summed E-state index contributed by atoms with van der Waals surface area (Å²) in [5.74, 6) is 0.506. The predicted octanol–water partition coefficient (Wildman–Crippen LogP) is 5.61. The van der Waals surface area contributed by atoms with E-state index >= 15 is 0 Å². The van der Waals surface area contributed by atoms with Crippen LogP contribution in [0.15, 0.2) is 83.7 Å². The highest BCUT2D eigenvalue weighted by atomic mass is 16.5. The number of aliphatic hydroxyl groups excluding tert-OH is 1. The summed E-state index contributed by atoms with van der Waals surface area (Å²) in [6, 6.07) is 16.6. The first-order valence-corrected chi connectivity index (χ1v) is 11.6. The second-order valence-electron chi connectivity index (χ2n) is 9.47. The van der Waals surface area contributed by atoms with Crippen molar-refractivity contribution < 1.29 is 14.9 Å². The fourth-order valence-corrected chi connectivity index (χ4v) is 4.10. The second kappa shape index (κ2) is 9.90. The lowest BCUT2D eigenvalue weighted by molar-refractivity contribution is -0.0162. The summed E-state index contributed by atoms with van der Waals surface area (Å²) in [6.07, 6.45) is 1.54. The maximum atomic E-state index is 10.7. The van der Waals surface area contributed by atoms with Gasteiger partial charge in [0, 0.05) is 23.3 Å². The number of rotatable bonds is 10. The van der Waals surface area contributed by atoms with Crippen molar-refractivity contribution in [3.8, 4) is 5.75 Å². The average molecular weight is 461 g/mol. The van der Waals surface area contributed by atoms with Crippen LogP contribution in [0.2, 0.25) is 0 Å². The van der Waals surface area contributed by atoms with Crippen LogP contribution in [0.3, 0.4) is 0 Å². The van der Waals surface area contributed by atoms with Crippen molar-refractivity contribution in [1.82, 2.24) is 5.32 Å². The Morgan fingerprint density at radius 2 is 1.62 bits per heavy atom. The molecule has 0 saturated carbocycles. The summed E-state index contributed by atoms with van der Waals surface area (Å²) in [5.41, 5.74) is 4.94. The van der Waals surface area contributed by atoms with E-state index in [1.165, 1.54) is 12.5 Å². The SMILES string of the molecule is C=C(CC1=C(c2ccc(OC)cc2)C(c2ccc(CC)cc2)=NC1)NC(C)(C)C(C)(O)C(=C)O. The van der Waals surface area contributed by atoms with Crippen molar-refractivity contribution in [2.24, 2.45) is 4.99 Å². The molecular formula is C29H36N2O3. The number of methoxy groups -OCH3 is 1. The molecule has 5 heteroatoms. The zero-order valence-corrected chi connectivity index (χ0v) is 20.9. The summed E-state index contributed by atoms with van der Waals surface area (Å²) < 4.78 is 5.34. The van der Waals surface area contributed by atoms with Crippen LogP contribution in [0.25, 0.3) is 5.57 Å². The average Bonchev–Trinajstić information content (AvgIpc) is 3.21. The van der Waals surface area contributed by atoms with Crippen molar-refractivity contribution in [2.45, 2.75) is 51.7 Å². The first kappa shape index (κ1) is 25.3. The van der Waals surface area contributed by atoms with Gasteiger partial charge >= 0.3 is 0 Å². The van der Waals surface area contributed by atoms with Crippen LogP contribution < -0.4 is 10.1 Å². The Balaban J connectivity index is 1.95. The van der Waals surface area contributed by atoms with Crippen molar-refractivity contribution in [1.29, 1.82) is 0 Å². The molecule has 34 heavy (non-hydrogen) atoms. The lowest BCUT2D eigenvalue weighted by Gasteiger charge is -2.41. The minimum atomic E-state index is -1.53. The normalized spacial score (nSPS) is 15.5. The number of nitrogens with zero attached hydrogens (tertiary/aromatic N) is 1. The summed E-state index contributed by atoms with van der Waals surface area (Å²) in [7, 11) is 1.66. The van der Waals surface area contributed by atoms with E-state index in [2.05, 4.69) is 61.8 Å². The zero-order valence-electron chi connectivity index (χ0n) is 20.9. The molecule has 0 bridgehead atoms. The van der Waals surface area contributed by atoms with Crippen LogP contribution in [-0.2, 0) is 6.42 Å². The molecule has 1 aliphatic rings. The van der Waals surface area contributed by atoms with Crippen LogP contribution in [0.5, 0.6) is 5.75 Å². The quantitative estimate of drug-likeness (QED) is 0.403. The molecule has 1 aliphatic heterocycles. The fourth-order valence-electron chi connectivity index (χ4n) is 4.10. The number of aliphatic hydroxyl groups is 2. The summed E-state index contributed by atoms with van der Waals surface area (Å²) in [4.78, 5) is 4.91. The first-order chi connectivity index (χ1) is 16.0. The van der Waals surface area contributed by atoms with Gasteiger partial charge < -0.3 is 20.3 Å². The van der Waals surface area contributed by atoms with Gasteiger partial charge in [0.2, 0.25) is 0 Å². The number of hydrogen-bond donors (Lipinski definition) is 3. The molecule has 0 radical (unpaired) electrons. The van der Waals surface area contributed by atoms with Crippen molar-refractivity contribution >= 4 is 11.3 Å². The Hall–Kier alpha value is -3.31. The van der Waals surface area contributed by atoms with E-state index in [-0.39, 0.29) is 5.76 Å². The van der Waals surface area contributed by atoms with E-state index in [9.17, 15) is 10.2 Å². The Bertz CT molecular complexity index is 1120. The summed E-state index contributed by atoms with van der Waals surface area (Å²) in [5, 5.41) is 23.9. The highest BCUT2D eigenvalue weighted by Gasteiger charge is 2.42. The van der Waals surface area contributed by atoms with Gasteiger partial charge in [0.1, 0.15) is 17.1 Å². The zero-order chi connectivity index (χ0) is 25.1. The Morgan fingerprint density at radius 3 is 2.15 bits per heavy atom. The molecular weight excluding hydrogens is 424 g/mol. The smallest absolute Gasteiger partial charge is 0.140 e. The number of ether oxygens (including phenoxy) is 1. The van der Waals surface area contributed by atoms with Gasteiger partial charge in [-0.2, -0.15) is 0 Å². The molecule has 1 heterocycles. The minimum Gasteiger partial charge on any atom is -0.510 e. The number of aryl methyl sites for hydroxylation is 1. The van der Waals surface area contributed by atoms with Gasteiger partial charge in [-0.1, -0.05) is 56.5 Å². The van der Waals surface area contributed by atoms with E-state index in [4.69, 9.17) is 9.73 Å². The molecule has 3 N–H and O–H groups in total. The summed E-state index contributed by atoms with van der Waals surface area (Å²) >= 11 is 0. The van der Waals surface area contributed by atoms with Crippen LogP contribution in [0.4, 0.5) is 0 Å². The topological polar surface area (TPSA) is 74.1 Å². The lowest BCUT2D eigenvalue weighted by Crippen LogP contribution is -2.57. The van der Waals surface area contributed by atoms with E-state index in [0.29, 0.717) is 13.0 Å². The van der Waals surface area contributed by atoms with Crippen LogP contribution in [0, 0.1) is 0 Å². The van der Waals surface area contributed by atoms with Gasteiger partial charge in [0.05, 0.1) is 24.9 Å². The van der Waals surface area contributed by atoms with Crippen LogP contribution in [-0.4, -0.2) is 40.7 Å². The van der Waals surface area contributed by atoms with Gasteiger partial charge in [-0.25, -0.2) is 0 Å². The van der Waals surface area contributed by atoms with Gasteiger partial charge in [-0.3, -0.25) is 4.99 Å². The van der Waals surface area contributed by atoms with Gasteiger partial charge in [-0.05, 0) is 56.0 Å². The third-order valence-corrected chi connectivity index (χ3v) is 6.73. The molecule has 0 aromatic heterocycles. The number of allylic oxidation sites excluding steroid dienone is 2. The van der Waals surface area contributed by atoms with Crippen LogP contribution in [0.1, 0.15) is 50.8 Å². The van der Waals surface area contributed by atoms with Crippen LogP contribution >= 0.6 is 0 Å². The lowest BCUT2D eigenvalue weighted by atomic mass is 9.82. The molecule has 2 aromatic carbocycles. The maximum absolute atomic E-state index is 10.7. The van der Waals surface area contributed by atoms with Gasteiger partial charge in [0.15, 0.2) is 0 Å². The molecule has 5 nitrogen and oxygen atoms in total. The minimum absolute atomic E-state index is 0.294. The van der Waals surface area contributed by atoms with Crippen molar-refractivity contribution in [3.63, 3.8) is 0 Å². The highest BCUT2D eigenvalue weighted by Crippen LogP contribution is 2.34. The molecule has 0 saturated heterocycles. The first-order valence-electron chi connectivity index (χ1n) is 11.6. The Kier molecular flexibility index (Phi) is 7.37. The number of nitrogens with one attached hydrogen (secondary N) is 1. The molecule has 3 rings (SSSR count). The highest BCUT2D eigenvalue weighted by molar-refractivity contribution is 6.34. The van der Waals surface area contributed by atoms with Gasteiger partial charge in [0.25, 0.3) is 0 Å². The van der Waals surface area contributed by atoms with E-state index in [1.807, 2.05) is 26.0 Å². The third-order valence-electron chi connectivity index (χ3n) is 6.73. The van der Waals surface area contributed by atoms with Gasteiger partial charge in [-0.15, -0.1) is 0 Å². The van der Waals surface area contributed by atoms with E-state index in [1.54, 1.807) is 7.11 Å². The molecule has 0 spiro atoms. The Morgan fingerprint density at radius 1 is 1.03 bits per heavy atom. The molecule has 0 amide bonds. The predicted molar refractivity (Wildman–Crippen MR) is 141 cm³/mol. The van der Waals surface area contributed by atoms with Crippen molar-refractivity contribution in [2.75, 3.05) is 13.7 Å². The Labute approximate surface area is 203 Å². The standard InChI is InChI=1S/C29H36N2O3/c1-8-21-9-11-23(12-10-21)27-26(22-13-15-25(34-7)16-14-22)24(18-30-27)17-19(2)31-28(4,5)29(6,33)20(3)32/h9-16,31-33H,2-3,8,17-18H2,1,4-7H3. The number of hydrogen-bond acceptors (Lipinski definition) is 5. The van der Waals surface area contributed by atoms with E-state index < -0.39 is 11.1 Å².